The van der Waals surface area contributed by atoms with Crippen molar-refractivity contribution in [2.75, 3.05) is 0 Å². The molecule has 5 heteroatoms. The maximum atomic E-state index is 14.0. The zero-order valence-corrected chi connectivity index (χ0v) is 37.1. The molecule has 0 bridgehead atoms. The van der Waals surface area contributed by atoms with Gasteiger partial charge in [-0.05, 0) is 135 Å². The van der Waals surface area contributed by atoms with Crippen molar-refractivity contribution in [3.8, 4) is 45.3 Å². The van der Waals surface area contributed by atoms with Gasteiger partial charge in [0.15, 0.2) is 0 Å². The molecule has 2 aromatic heterocycles. The van der Waals surface area contributed by atoms with Gasteiger partial charge in [0.2, 0.25) is 0 Å². The van der Waals surface area contributed by atoms with Crippen LogP contribution in [0.2, 0.25) is 0 Å². The van der Waals surface area contributed by atoms with Crippen LogP contribution in [-0.2, 0) is 6.42 Å². The number of fused-ring (bicyclic) bond motifs is 2. The van der Waals surface area contributed by atoms with E-state index >= 15 is 0 Å². The lowest BCUT2D eigenvalue weighted by Crippen LogP contribution is -2.09. The van der Waals surface area contributed by atoms with E-state index in [-0.39, 0.29) is 17.7 Å². The van der Waals surface area contributed by atoms with Gasteiger partial charge in [0, 0.05) is 11.1 Å². The Hall–Kier alpha value is -6.59. The number of hydrogen-bond donors (Lipinski definition) is 0. The smallest absolute Gasteiger partial charge is 0.145 e. The summed E-state index contributed by atoms with van der Waals surface area (Å²) < 4.78 is 18.8. The third kappa shape index (κ3) is 7.55. The number of para-hydroxylation sites is 5. The van der Waals surface area contributed by atoms with Crippen molar-refractivity contribution >= 4 is 22.1 Å². The first kappa shape index (κ1) is 40.8. The van der Waals surface area contributed by atoms with E-state index < -0.39 is 0 Å². The fourth-order valence-corrected chi connectivity index (χ4v) is 9.17. The lowest BCUT2D eigenvalue weighted by Gasteiger charge is -2.24. The molecule has 0 N–H and O–H groups in total. The molecule has 0 spiro atoms. The van der Waals surface area contributed by atoms with Crippen LogP contribution in [0.3, 0.4) is 0 Å². The van der Waals surface area contributed by atoms with Crippen LogP contribution < -0.4 is 0 Å². The summed E-state index contributed by atoms with van der Waals surface area (Å²) in [5, 5.41) is 0. The van der Waals surface area contributed by atoms with Crippen LogP contribution >= 0.6 is 0 Å². The molecule has 9 rings (SSSR count). The molecule has 0 amide bonds. The molecular weight excluding hydrogens is 760 g/mol. The minimum atomic E-state index is -0.229. The molecule has 4 nitrogen and oxygen atoms in total. The molecule has 2 heterocycles. The van der Waals surface area contributed by atoms with Gasteiger partial charge in [0.25, 0.3) is 0 Å². The average Bonchev–Trinajstić information content (AvgIpc) is 3.85. The molecule has 0 unspecified atom stereocenters. The van der Waals surface area contributed by atoms with Crippen molar-refractivity contribution < 1.29 is 4.39 Å². The molecule has 62 heavy (non-hydrogen) atoms. The molecule has 0 fully saturated rings. The molecule has 9 aromatic rings. The number of imidazole rings is 2. The van der Waals surface area contributed by atoms with E-state index in [9.17, 15) is 4.39 Å². The number of nitrogens with zero attached hydrogens (tertiary/aromatic N) is 4. The summed E-state index contributed by atoms with van der Waals surface area (Å²) in [7, 11) is 0. The zero-order valence-electron chi connectivity index (χ0n) is 37.1. The summed E-state index contributed by atoms with van der Waals surface area (Å²) >= 11 is 0. The lowest BCUT2D eigenvalue weighted by atomic mass is 9.88. The second kappa shape index (κ2) is 16.7. The number of halogens is 1. The third-order valence-electron chi connectivity index (χ3n) is 12.3. The molecule has 0 aliphatic carbocycles. The molecule has 0 aliphatic rings. The summed E-state index contributed by atoms with van der Waals surface area (Å²) in [5.41, 5.74) is 18.3. The third-order valence-corrected chi connectivity index (χ3v) is 12.3. The molecule has 0 atom stereocenters. The van der Waals surface area contributed by atoms with Gasteiger partial charge >= 0.3 is 0 Å². The van der Waals surface area contributed by atoms with E-state index in [1.165, 1.54) is 44.8 Å². The highest BCUT2D eigenvalue weighted by Gasteiger charge is 2.25. The summed E-state index contributed by atoms with van der Waals surface area (Å²) in [6.07, 6.45) is 0.753. The van der Waals surface area contributed by atoms with Crippen LogP contribution in [0.4, 0.5) is 4.39 Å². The van der Waals surface area contributed by atoms with Gasteiger partial charge in [0.1, 0.15) is 17.5 Å². The summed E-state index contributed by atoms with van der Waals surface area (Å²) in [5.74, 6) is 2.78. The maximum Gasteiger partial charge on any atom is 0.145 e. The Morgan fingerprint density at radius 2 is 0.823 bits per heavy atom. The van der Waals surface area contributed by atoms with Crippen molar-refractivity contribution in [2.24, 2.45) is 0 Å². The van der Waals surface area contributed by atoms with Crippen molar-refractivity contribution in [3.05, 3.63) is 191 Å². The first-order valence-corrected chi connectivity index (χ1v) is 22.2. The Morgan fingerprint density at radius 1 is 0.403 bits per heavy atom. The highest BCUT2D eigenvalue weighted by molar-refractivity contribution is 5.86. The van der Waals surface area contributed by atoms with Crippen molar-refractivity contribution in [2.45, 2.75) is 85.5 Å². The quantitative estimate of drug-likeness (QED) is 0.130. The molecule has 0 aliphatic heterocycles. The predicted octanol–water partition coefficient (Wildman–Crippen LogP) is 15.6. The molecular formula is C57H55FN4. The monoisotopic (exact) mass is 814 g/mol. The number of rotatable bonds is 11. The summed E-state index contributed by atoms with van der Waals surface area (Å²) in [6, 6.07) is 53.0. The number of aromatic nitrogens is 4. The standard InChI is InChI=1S/C57H55FN4/c1-35(2)46-20-15-21-47(36(3)4)54(46)61-52-24-11-9-22-50(52)59-56(61)42-18-13-16-39(31-42)30-40-17-14-19-43(32-40)57-60-51-23-10-12-25-53(51)62(57)55-48(37(5)6)33-44(34-49(55)38(7)8)41-26-28-45(58)29-27-41/h9-29,31-38H,30H2,1-8H3. The molecule has 0 saturated carbocycles. The SMILES string of the molecule is CC(C)c1cccc(C(C)C)c1-n1c(-c2cccc(Cc3cccc(-c4nc5ccccc5n4-c4c(C(C)C)cc(-c5ccc(F)cc5)cc4C(C)C)c3)c2)nc2ccccc21. The van der Waals surface area contributed by atoms with Crippen LogP contribution in [0.5, 0.6) is 0 Å². The Morgan fingerprint density at radius 3 is 1.27 bits per heavy atom. The van der Waals surface area contributed by atoms with E-state index in [1.54, 1.807) is 12.1 Å². The number of hydrogen-bond acceptors (Lipinski definition) is 2. The molecule has 0 radical (unpaired) electrons. The Kier molecular flexibility index (Phi) is 11.0. The van der Waals surface area contributed by atoms with E-state index in [1.807, 2.05) is 12.1 Å². The number of benzene rings is 7. The van der Waals surface area contributed by atoms with Gasteiger partial charge < -0.3 is 0 Å². The average molecular weight is 815 g/mol. The van der Waals surface area contributed by atoms with Crippen LogP contribution in [0, 0.1) is 5.82 Å². The van der Waals surface area contributed by atoms with E-state index in [0.29, 0.717) is 11.8 Å². The van der Waals surface area contributed by atoms with Gasteiger partial charge in [-0.25, -0.2) is 14.4 Å². The van der Waals surface area contributed by atoms with Crippen molar-refractivity contribution in [3.63, 3.8) is 0 Å². The summed E-state index contributed by atoms with van der Waals surface area (Å²) in [6.45, 7) is 18.2. The Balaban J connectivity index is 1.15. The normalized spacial score (nSPS) is 12.0. The first-order chi connectivity index (χ1) is 30.0. The topological polar surface area (TPSA) is 35.6 Å². The van der Waals surface area contributed by atoms with Gasteiger partial charge in [-0.2, -0.15) is 0 Å². The van der Waals surface area contributed by atoms with Crippen molar-refractivity contribution in [1.29, 1.82) is 0 Å². The van der Waals surface area contributed by atoms with Gasteiger partial charge in [-0.15, -0.1) is 0 Å². The largest absolute Gasteiger partial charge is 0.292 e. The second-order valence-corrected chi connectivity index (χ2v) is 18.0. The minimum absolute atomic E-state index is 0.222. The fourth-order valence-electron chi connectivity index (χ4n) is 9.17. The first-order valence-electron chi connectivity index (χ1n) is 22.2. The van der Waals surface area contributed by atoms with Gasteiger partial charge in [-0.3, -0.25) is 9.13 Å². The Bertz CT molecular complexity index is 3010. The van der Waals surface area contributed by atoms with Crippen molar-refractivity contribution in [1.82, 2.24) is 19.1 Å². The Labute approximate surface area is 365 Å². The fraction of sp³-hybridized carbons (Fsp3) is 0.228. The van der Waals surface area contributed by atoms with Crippen LogP contribution in [-0.4, -0.2) is 19.1 Å². The highest BCUT2D eigenvalue weighted by Crippen LogP contribution is 2.41. The highest BCUT2D eigenvalue weighted by atomic mass is 19.1. The maximum absolute atomic E-state index is 14.0. The molecule has 0 saturated heterocycles. The van der Waals surface area contributed by atoms with E-state index in [2.05, 4.69) is 192 Å². The zero-order chi connectivity index (χ0) is 43.2. The molecule has 7 aromatic carbocycles. The van der Waals surface area contributed by atoms with Gasteiger partial charge in [-0.1, -0.05) is 146 Å². The van der Waals surface area contributed by atoms with Crippen LogP contribution in [0.25, 0.3) is 67.3 Å². The minimum Gasteiger partial charge on any atom is -0.292 e. The van der Waals surface area contributed by atoms with E-state index in [0.717, 1.165) is 62.4 Å². The van der Waals surface area contributed by atoms with Crippen LogP contribution in [0.15, 0.2) is 152 Å². The predicted molar refractivity (Wildman–Crippen MR) is 258 cm³/mol. The molecule has 310 valence electrons. The second-order valence-electron chi connectivity index (χ2n) is 18.0. The van der Waals surface area contributed by atoms with Gasteiger partial charge in [0.05, 0.1) is 33.4 Å². The van der Waals surface area contributed by atoms with Crippen LogP contribution in [0.1, 0.15) is 112 Å². The van der Waals surface area contributed by atoms with E-state index in [4.69, 9.17) is 9.97 Å². The lowest BCUT2D eigenvalue weighted by molar-refractivity contribution is 0.628. The summed E-state index contributed by atoms with van der Waals surface area (Å²) in [4.78, 5) is 10.7.